The summed E-state index contributed by atoms with van der Waals surface area (Å²) >= 11 is 0. The van der Waals surface area contributed by atoms with Crippen LogP contribution in [0.5, 0.6) is 0 Å². The fourth-order valence-corrected chi connectivity index (χ4v) is 6.55. The summed E-state index contributed by atoms with van der Waals surface area (Å²) in [4.78, 5) is 0. The lowest BCUT2D eigenvalue weighted by Gasteiger charge is -2.38. The van der Waals surface area contributed by atoms with E-state index >= 15 is 0 Å². The molecular formula is C24H41F3. The number of hydrogen-bond acceptors (Lipinski definition) is 0. The molecule has 0 heterocycles. The molecule has 0 spiro atoms. The third-order valence-corrected chi connectivity index (χ3v) is 8.44. The van der Waals surface area contributed by atoms with Gasteiger partial charge in [-0.3, -0.25) is 0 Å². The van der Waals surface area contributed by atoms with Crippen molar-refractivity contribution < 1.29 is 13.2 Å². The van der Waals surface area contributed by atoms with Crippen molar-refractivity contribution in [2.45, 2.75) is 116 Å². The second-order valence-electron chi connectivity index (χ2n) is 10.2. The Balaban J connectivity index is 1.29. The lowest BCUT2D eigenvalue weighted by atomic mass is 9.68. The highest BCUT2D eigenvalue weighted by molar-refractivity contribution is 4.83. The lowest BCUT2D eigenvalue weighted by molar-refractivity contribution is -0.184. The molecule has 0 aliphatic heterocycles. The minimum atomic E-state index is -3.96. The van der Waals surface area contributed by atoms with Crippen LogP contribution in [0.15, 0.2) is 0 Å². The first-order valence-electron chi connectivity index (χ1n) is 12.0. The van der Waals surface area contributed by atoms with Crippen molar-refractivity contribution in [3.05, 3.63) is 0 Å². The van der Waals surface area contributed by atoms with Crippen LogP contribution in [0.3, 0.4) is 0 Å². The monoisotopic (exact) mass is 386 g/mol. The van der Waals surface area contributed by atoms with E-state index in [4.69, 9.17) is 0 Å². The van der Waals surface area contributed by atoms with Gasteiger partial charge in [-0.1, -0.05) is 58.3 Å². The molecule has 0 saturated heterocycles. The predicted octanol–water partition coefficient (Wildman–Crippen LogP) is 8.55. The average molecular weight is 387 g/mol. The highest BCUT2D eigenvalue weighted by Crippen LogP contribution is 2.44. The molecule has 27 heavy (non-hydrogen) atoms. The Kier molecular flexibility index (Phi) is 7.97. The van der Waals surface area contributed by atoms with Gasteiger partial charge in [-0.05, 0) is 81.0 Å². The van der Waals surface area contributed by atoms with Gasteiger partial charge in [0.15, 0.2) is 0 Å². The lowest BCUT2D eigenvalue weighted by Crippen LogP contribution is -2.28. The van der Waals surface area contributed by atoms with Gasteiger partial charge in [0.05, 0.1) is 5.92 Å². The number of rotatable bonds is 6. The zero-order chi connectivity index (χ0) is 19.3. The van der Waals surface area contributed by atoms with Gasteiger partial charge in [-0.15, -0.1) is 0 Å². The molecular weight excluding hydrogens is 345 g/mol. The molecule has 0 aromatic rings. The van der Waals surface area contributed by atoms with Crippen LogP contribution in [0.4, 0.5) is 13.2 Å². The van der Waals surface area contributed by atoms with Gasteiger partial charge in [0.1, 0.15) is 0 Å². The van der Waals surface area contributed by atoms with Crippen LogP contribution in [0.25, 0.3) is 0 Å². The van der Waals surface area contributed by atoms with Crippen LogP contribution in [0.1, 0.15) is 110 Å². The summed E-state index contributed by atoms with van der Waals surface area (Å²) in [5.74, 6) is 3.39. The standard InChI is InChI=1S/C24H41F3/c1-2-3-18-6-12-21(13-7-18)22-14-8-19(9-15-22)4-5-20-10-16-23(17-11-20)24(25,26)27/h18-23H,2-17H2,1H3/t18-,19?,20-,21-,22?,23-. The third kappa shape index (κ3) is 6.39. The minimum absolute atomic E-state index is 0.377. The predicted molar refractivity (Wildman–Crippen MR) is 107 cm³/mol. The normalized spacial score (nSPS) is 38.7. The van der Waals surface area contributed by atoms with Gasteiger partial charge in [0, 0.05) is 0 Å². The fraction of sp³-hybridized carbons (Fsp3) is 1.00. The van der Waals surface area contributed by atoms with Crippen molar-refractivity contribution in [1.29, 1.82) is 0 Å². The van der Waals surface area contributed by atoms with Crippen molar-refractivity contribution in [2.24, 2.45) is 35.5 Å². The van der Waals surface area contributed by atoms with Gasteiger partial charge in [0.25, 0.3) is 0 Å². The second kappa shape index (κ2) is 10.0. The van der Waals surface area contributed by atoms with E-state index in [-0.39, 0.29) is 0 Å². The summed E-state index contributed by atoms with van der Waals surface area (Å²) < 4.78 is 38.4. The molecule has 158 valence electrons. The molecule has 0 bridgehead atoms. The van der Waals surface area contributed by atoms with Gasteiger partial charge < -0.3 is 0 Å². The maximum absolute atomic E-state index is 12.8. The van der Waals surface area contributed by atoms with Crippen molar-refractivity contribution in [2.75, 3.05) is 0 Å². The van der Waals surface area contributed by atoms with Crippen LogP contribution in [0.2, 0.25) is 0 Å². The molecule has 0 unspecified atom stereocenters. The maximum Gasteiger partial charge on any atom is 0.391 e. The Morgan fingerprint density at radius 1 is 0.556 bits per heavy atom. The van der Waals surface area contributed by atoms with Crippen LogP contribution < -0.4 is 0 Å². The highest BCUT2D eigenvalue weighted by atomic mass is 19.4. The first kappa shape index (κ1) is 21.5. The van der Waals surface area contributed by atoms with E-state index in [1.807, 2.05) is 0 Å². The summed E-state index contributed by atoms with van der Waals surface area (Å²) in [7, 11) is 0. The Bertz CT molecular complexity index is 406. The molecule has 0 nitrogen and oxygen atoms in total. The smallest absolute Gasteiger partial charge is 0.171 e. The SMILES string of the molecule is CCC[C@H]1CC[C@H](C2CCC(CC[C@H]3CC[C@H](C(F)(F)F)CC3)CC2)CC1. The molecule has 3 fully saturated rings. The molecule has 3 rings (SSSR count). The van der Waals surface area contributed by atoms with Crippen molar-refractivity contribution in [1.82, 2.24) is 0 Å². The van der Waals surface area contributed by atoms with Crippen LogP contribution >= 0.6 is 0 Å². The van der Waals surface area contributed by atoms with E-state index in [0.29, 0.717) is 18.8 Å². The Labute approximate surface area is 165 Å². The summed E-state index contributed by atoms with van der Waals surface area (Å²) in [6.07, 6.45) is 15.2. The number of halogens is 3. The van der Waals surface area contributed by atoms with E-state index in [1.54, 1.807) is 0 Å². The molecule has 3 aliphatic rings. The van der Waals surface area contributed by atoms with Gasteiger partial charge in [-0.2, -0.15) is 13.2 Å². The molecule has 0 N–H and O–H groups in total. The largest absolute Gasteiger partial charge is 0.391 e. The Hall–Kier alpha value is -0.210. The Morgan fingerprint density at radius 3 is 1.30 bits per heavy atom. The fourth-order valence-electron chi connectivity index (χ4n) is 6.55. The first-order chi connectivity index (χ1) is 13.0. The highest BCUT2D eigenvalue weighted by Gasteiger charge is 2.41. The summed E-state index contributed by atoms with van der Waals surface area (Å²) in [6.45, 7) is 2.31. The minimum Gasteiger partial charge on any atom is -0.171 e. The molecule has 0 radical (unpaired) electrons. The van der Waals surface area contributed by atoms with E-state index in [2.05, 4.69) is 6.92 Å². The van der Waals surface area contributed by atoms with E-state index in [9.17, 15) is 13.2 Å². The van der Waals surface area contributed by atoms with Crippen molar-refractivity contribution in [3.63, 3.8) is 0 Å². The van der Waals surface area contributed by atoms with Crippen molar-refractivity contribution in [3.8, 4) is 0 Å². The summed E-state index contributed by atoms with van der Waals surface area (Å²) in [6, 6.07) is 0. The molecule has 0 aromatic heterocycles. The summed E-state index contributed by atoms with van der Waals surface area (Å²) in [5, 5.41) is 0. The van der Waals surface area contributed by atoms with Crippen LogP contribution in [0, 0.1) is 35.5 Å². The van der Waals surface area contributed by atoms with E-state index in [0.717, 1.165) is 36.5 Å². The quantitative estimate of drug-likeness (QED) is 0.429. The summed E-state index contributed by atoms with van der Waals surface area (Å²) in [5.41, 5.74) is 0. The van der Waals surface area contributed by atoms with E-state index < -0.39 is 12.1 Å². The third-order valence-electron chi connectivity index (χ3n) is 8.44. The number of alkyl halides is 3. The zero-order valence-electron chi connectivity index (χ0n) is 17.4. The molecule has 3 heteroatoms. The molecule has 0 aromatic carbocycles. The van der Waals surface area contributed by atoms with Gasteiger partial charge in [0.2, 0.25) is 0 Å². The van der Waals surface area contributed by atoms with Gasteiger partial charge in [-0.25, -0.2) is 0 Å². The van der Waals surface area contributed by atoms with Crippen LogP contribution in [-0.2, 0) is 0 Å². The first-order valence-corrected chi connectivity index (χ1v) is 12.0. The van der Waals surface area contributed by atoms with Gasteiger partial charge >= 0.3 is 6.18 Å². The number of hydrogen-bond donors (Lipinski definition) is 0. The Morgan fingerprint density at radius 2 is 0.926 bits per heavy atom. The molecule has 0 amide bonds. The topological polar surface area (TPSA) is 0 Å². The zero-order valence-corrected chi connectivity index (χ0v) is 17.4. The molecule has 3 aliphatic carbocycles. The van der Waals surface area contributed by atoms with E-state index in [1.165, 1.54) is 77.0 Å². The maximum atomic E-state index is 12.8. The van der Waals surface area contributed by atoms with Crippen LogP contribution in [-0.4, -0.2) is 6.18 Å². The molecule has 0 atom stereocenters. The van der Waals surface area contributed by atoms with Crippen molar-refractivity contribution >= 4 is 0 Å². The second-order valence-corrected chi connectivity index (χ2v) is 10.2. The average Bonchev–Trinajstić information content (AvgIpc) is 2.67. The molecule has 3 saturated carbocycles.